The zero-order chi connectivity index (χ0) is 12.3. The summed E-state index contributed by atoms with van der Waals surface area (Å²) < 4.78 is 5.45. The molecule has 4 heteroatoms. The number of aryl methyl sites for hydroxylation is 1. The Morgan fingerprint density at radius 1 is 1.35 bits per heavy atom. The van der Waals surface area contributed by atoms with Crippen LogP contribution in [0.15, 0.2) is 6.20 Å². The highest BCUT2D eigenvalue weighted by molar-refractivity contribution is 5.53. The van der Waals surface area contributed by atoms with Gasteiger partial charge < -0.3 is 10.5 Å². The SMILES string of the molecule is Cc1cnc(CN2CCCOCC2)c(C)c1N. The Labute approximate surface area is 103 Å². The molecule has 2 N–H and O–H groups in total. The summed E-state index contributed by atoms with van der Waals surface area (Å²) in [6.07, 6.45) is 2.96. The average molecular weight is 235 g/mol. The molecule has 1 aromatic heterocycles. The molecule has 1 aromatic rings. The fourth-order valence-electron chi connectivity index (χ4n) is 2.12. The van der Waals surface area contributed by atoms with E-state index in [0.717, 1.165) is 61.8 Å². The minimum atomic E-state index is 0.820. The van der Waals surface area contributed by atoms with Crippen LogP contribution in [0.4, 0.5) is 5.69 Å². The van der Waals surface area contributed by atoms with Crippen LogP contribution in [0.3, 0.4) is 0 Å². The van der Waals surface area contributed by atoms with E-state index in [9.17, 15) is 0 Å². The summed E-state index contributed by atoms with van der Waals surface area (Å²) in [5, 5.41) is 0. The van der Waals surface area contributed by atoms with E-state index in [1.807, 2.05) is 13.1 Å². The van der Waals surface area contributed by atoms with Gasteiger partial charge in [0.15, 0.2) is 0 Å². The van der Waals surface area contributed by atoms with Crippen molar-refractivity contribution in [3.05, 3.63) is 23.0 Å². The molecule has 1 fully saturated rings. The molecule has 1 aliphatic rings. The maximum atomic E-state index is 6.04. The highest BCUT2D eigenvalue weighted by atomic mass is 16.5. The topological polar surface area (TPSA) is 51.4 Å². The fraction of sp³-hybridized carbons (Fsp3) is 0.615. The van der Waals surface area contributed by atoms with Crippen molar-refractivity contribution in [2.75, 3.05) is 32.0 Å². The van der Waals surface area contributed by atoms with Gasteiger partial charge in [0.1, 0.15) is 0 Å². The molecule has 0 atom stereocenters. The number of nitrogens with zero attached hydrogens (tertiary/aromatic N) is 2. The maximum absolute atomic E-state index is 6.04. The second-order valence-electron chi connectivity index (χ2n) is 4.67. The van der Waals surface area contributed by atoms with Crippen LogP contribution in [-0.2, 0) is 11.3 Å². The van der Waals surface area contributed by atoms with Crippen LogP contribution < -0.4 is 5.73 Å². The molecule has 0 radical (unpaired) electrons. The molecule has 0 saturated carbocycles. The minimum Gasteiger partial charge on any atom is -0.398 e. The number of ether oxygens (including phenoxy) is 1. The Morgan fingerprint density at radius 3 is 3.00 bits per heavy atom. The molecule has 0 bridgehead atoms. The van der Waals surface area contributed by atoms with Crippen molar-refractivity contribution in [1.82, 2.24) is 9.88 Å². The standard InChI is InChI=1S/C13H21N3O/c1-10-8-15-12(11(2)13(10)14)9-16-4-3-6-17-7-5-16/h8H,3-7,9H2,1-2H3,(H2,14,15). The molecule has 0 aliphatic carbocycles. The normalized spacial score (nSPS) is 18.0. The lowest BCUT2D eigenvalue weighted by Crippen LogP contribution is -2.27. The second kappa shape index (κ2) is 5.47. The Bertz CT molecular complexity index is 384. The third kappa shape index (κ3) is 2.96. The maximum Gasteiger partial charge on any atom is 0.0593 e. The first-order valence-corrected chi connectivity index (χ1v) is 6.19. The number of nitrogen functional groups attached to an aromatic ring is 1. The van der Waals surface area contributed by atoms with Gasteiger partial charge in [0.25, 0.3) is 0 Å². The van der Waals surface area contributed by atoms with Crippen molar-refractivity contribution in [2.24, 2.45) is 0 Å². The Hall–Kier alpha value is -1.13. The van der Waals surface area contributed by atoms with Crippen molar-refractivity contribution in [3.63, 3.8) is 0 Å². The van der Waals surface area contributed by atoms with Gasteiger partial charge in [0, 0.05) is 38.1 Å². The molecule has 0 unspecified atom stereocenters. The number of anilines is 1. The number of hydrogen-bond donors (Lipinski definition) is 1. The molecule has 17 heavy (non-hydrogen) atoms. The molecular weight excluding hydrogens is 214 g/mol. The molecule has 0 aromatic carbocycles. The zero-order valence-electron chi connectivity index (χ0n) is 10.7. The second-order valence-corrected chi connectivity index (χ2v) is 4.67. The number of rotatable bonds is 2. The number of aromatic nitrogens is 1. The van der Waals surface area contributed by atoms with Gasteiger partial charge in [0.2, 0.25) is 0 Å². The van der Waals surface area contributed by atoms with E-state index in [4.69, 9.17) is 10.5 Å². The Kier molecular flexibility index (Phi) is 3.97. The van der Waals surface area contributed by atoms with Crippen LogP contribution in [0.25, 0.3) is 0 Å². The molecule has 2 rings (SSSR count). The van der Waals surface area contributed by atoms with Gasteiger partial charge in [-0.2, -0.15) is 0 Å². The lowest BCUT2D eigenvalue weighted by atomic mass is 10.1. The number of nitrogens with two attached hydrogens (primary N) is 1. The van der Waals surface area contributed by atoms with Gasteiger partial charge in [-0.3, -0.25) is 9.88 Å². The quantitative estimate of drug-likeness (QED) is 0.844. The van der Waals surface area contributed by atoms with Crippen LogP contribution in [0.5, 0.6) is 0 Å². The molecule has 4 nitrogen and oxygen atoms in total. The van der Waals surface area contributed by atoms with Crippen molar-refractivity contribution < 1.29 is 4.74 Å². The van der Waals surface area contributed by atoms with Crippen LogP contribution in [0.2, 0.25) is 0 Å². The molecule has 1 aliphatic heterocycles. The van der Waals surface area contributed by atoms with Gasteiger partial charge in [-0.15, -0.1) is 0 Å². The third-order valence-corrected chi connectivity index (χ3v) is 3.36. The molecule has 94 valence electrons. The highest BCUT2D eigenvalue weighted by Crippen LogP contribution is 2.19. The van der Waals surface area contributed by atoms with E-state index in [1.54, 1.807) is 0 Å². The monoisotopic (exact) mass is 235 g/mol. The fourth-order valence-corrected chi connectivity index (χ4v) is 2.12. The van der Waals surface area contributed by atoms with Gasteiger partial charge in [0.05, 0.1) is 12.3 Å². The van der Waals surface area contributed by atoms with Crippen molar-refractivity contribution in [3.8, 4) is 0 Å². The lowest BCUT2D eigenvalue weighted by Gasteiger charge is -2.20. The highest BCUT2D eigenvalue weighted by Gasteiger charge is 2.13. The summed E-state index contributed by atoms with van der Waals surface area (Å²) in [6.45, 7) is 8.68. The van der Waals surface area contributed by atoms with E-state index in [-0.39, 0.29) is 0 Å². The van der Waals surface area contributed by atoms with Gasteiger partial charge in [-0.25, -0.2) is 0 Å². The van der Waals surface area contributed by atoms with E-state index >= 15 is 0 Å². The molecule has 0 spiro atoms. The van der Waals surface area contributed by atoms with Crippen molar-refractivity contribution >= 4 is 5.69 Å². The smallest absolute Gasteiger partial charge is 0.0593 e. The van der Waals surface area contributed by atoms with E-state index < -0.39 is 0 Å². The zero-order valence-corrected chi connectivity index (χ0v) is 10.7. The summed E-state index contributed by atoms with van der Waals surface area (Å²) in [5.41, 5.74) is 10.2. The Morgan fingerprint density at radius 2 is 2.18 bits per heavy atom. The molecule has 0 amide bonds. The molecule has 2 heterocycles. The van der Waals surface area contributed by atoms with Gasteiger partial charge in [-0.1, -0.05) is 0 Å². The van der Waals surface area contributed by atoms with E-state index in [0.29, 0.717) is 0 Å². The summed E-state index contributed by atoms with van der Waals surface area (Å²) in [5.74, 6) is 0. The third-order valence-electron chi connectivity index (χ3n) is 3.36. The summed E-state index contributed by atoms with van der Waals surface area (Å²) in [7, 11) is 0. The summed E-state index contributed by atoms with van der Waals surface area (Å²) in [4.78, 5) is 6.89. The van der Waals surface area contributed by atoms with Crippen molar-refractivity contribution in [1.29, 1.82) is 0 Å². The van der Waals surface area contributed by atoms with Crippen LogP contribution >= 0.6 is 0 Å². The number of pyridine rings is 1. The minimum absolute atomic E-state index is 0.820. The van der Waals surface area contributed by atoms with Gasteiger partial charge >= 0.3 is 0 Å². The molecule has 1 saturated heterocycles. The average Bonchev–Trinajstić information content (AvgIpc) is 2.59. The van der Waals surface area contributed by atoms with Crippen LogP contribution in [0, 0.1) is 13.8 Å². The summed E-state index contributed by atoms with van der Waals surface area (Å²) in [6, 6.07) is 0. The first-order chi connectivity index (χ1) is 8.18. The van der Waals surface area contributed by atoms with Crippen molar-refractivity contribution in [2.45, 2.75) is 26.8 Å². The first-order valence-electron chi connectivity index (χ1n) is 6.19. The number of hydrogen-bond acceptors (Lipinski definition) is 4. The lowest BCUT2D eigenvalue weighted by molar-refractivity contribution is 0.140. The van der Waals surface area contributed by atoms with E-state index in [2.05, 4.69) is 16.8 Å². The Balaban J connectivity index is 2.09. The predicted molar refractivity (Wildman–Crippen MR) is 68.8 cm³/mol. The van der Waals surface area contributed by atoms with Crippen LogP contribution in [-0.4, -0.2) is 36.2 Å². The van der Waals surface area contributed by atoms with E-state index in [1.165, 1.54) is 0 Å². The largest absolute Gasteiger partial charge is 0.398 e. The molecular formula is C13H21N3O. The van der Waals surface area contributed by atoms with Gasteiger partial charge in [-0.05, 0) is 31.4 Å². The summed E-state index contributed by atoms with van der Waals surface area (Å²) >= 11 is 0. The predicted octanol–water partition coefficient (Wildman–Crippen LogP) is 1.50. The first kappa shape index (κ1) is 12.3. The van der Waals surface area contributed by atoms with Crippen LogP contribution in [0.1, 0.15) is 23.2 Å².